The van der Waals surface area contributed by atoms with Crippen molar-refractivity contribution in [2.75, 3.05) is 6.61 Å². The summed E-state index contributed by atoms with van der Waals surface area (Å²) in [6, 6.07) is 0. The first-order chi connectivity index (χ1) is 10.7. The molecule has 1 aliphatic carbocycles. The molecule has 1 saturated carbocycles. The molecule has 0 spiro atoms. The van der Waals surface area contributed by atoms with Crippen molar-refractivity contribution in [2.24, 2.45) is 11.8 Å². The highest BCUT2D eigenvalue weighted by molar-refractivity contribution is 5.68. The lowest BCUT2D eigenvalue weighted by Crippen LogP contribution is -2.05. The first-order valence-corrected chi connectivity index (χ1v) is 8.90. The van der Waals surface area contributed by atoms with E-state index in [-0.39, 0.29) is 6.61 Å². The summed E-state index contributed by atoms with van der Waals surface area (Å²) >= 11 is 0. The predicted octanol–water partition coefficient (Wildman–Crippen LogP) is 5.32. The second kappa shape index (κ2) is 12.3. The van der Waals surface area contributed by atoms with Crippen LogP contribution in [0.1, 0.15) is 71.1 Å². The molecule has 0 aromatic carbocycles. The lowest BCUT2D eigenvalue weighted by atomic mass is 9.90. The van der Waals surface area contributed by atoms with E-state index in [9.17, 15) is 4.79 Å². The first-order valence-electron chi connectivity index (χ1n) is 8.90. The maximum Gasteiger partial charge on any atom is 0.341 e. The van der Waals surface area contributed by atoms with Gasteiger partial charge < -0.3 is 9.84 Å². The molecule has 2 atom stereocenters. The third-order valence-electron chi connectivity index (χ3n) is 4.50. The third-order valence-corrected chi connectivity index (χ3v) is 4.50. The second-order valence-electron chi connectivity index (χ2n) is 6.33. The summed E-state index contributed by atoms with van der Waals surface area (Å²) < 4.78 is 4.87. The van der Waals surface area contributed by atoms with Crippen LogP contribution in [0.2, 0.25) is 0 Å². The van der Waals surface area contributed by atoms with Gasteiger partial charge in [0.1, 0.15) is 0 Å². The number of ether oxygens (including phenoxy) is 1. The topological polar surface area (TPSA) is 46.5 Å². The van der Waals surface area contributed by atoms with Gasteiger partial charge in [0, 0.05) is 0 Å². The smallest absolute Gasteiger partial charge is 0.341 e. The highest BCUT2D eigenvalue weighted by Crippen LogP contribution is 2.36. The number of aliphatic carboxylic acids is 1. The van der Waals surface area contributed by atoms with Crippen LogP contribution in [0, 0.1) is 11.8 Å². The molecule has 0 aromatic heterocycles. The number of carboxylic acid groups (broad SMARTS) is 1. The zero-order valence-corrected chi connectivity index (χ0v) is 14.0. The summed E-state index contributed by atoms with van der Waals surface area (Å²) in [6.07, 6.45) is 21.1. The van der Waals surface area contributed by atoms with Crippen molar-refractivity contribution in [3.8, 4) is 0 Å². The van der Waals surface area contributed by atoms with E-state index in [0.717, 1.165) is 5.92 Å². The predicted molar refractivity (Wildman–Crippen MR) is 90.7 cm³/mol. The number of rotatable bonds is 12. The lowest BCUT2D eigenvalue weighted by molar-refractivity contribution is -0.140. The molecule has 1 fully saturated rings. The molecule has 1 aliphatic rings. The van der Waals surface area contributed by atoms with E-state index in [1.807, 2.05) is 6.08 Å². The molecular weight excluding hydrogens is 276 g/mol. The van der Waals surface area contributed by atoms with Crippen LogP contribution >= 0.6 is 0 Å². The maximum absolute atomic E-state index is 10.3. The normalized spacial score (nSPS) is 21.9. The zero-order valence-electron chi connectivity index (χ0n) is 14.0. The monoisotopic (exact) mass is 308 g/mol. The molecule has 0 bridgehead atoms. The average Bonchev–Trinajstić information content (AvgIpc) is 2.93. The van der Waals surface area contributed by atoms with Crippen molar-refractivity contribution in [3.63, 3.8) is 0 Å². The Morgan fingerprint density at radius 3 is 2.68 bits per heavy atom. The van der Waals surface area contributed by atoms with Gasteiger partial charge in [-0.25, -0.2) is 4.79 Å². The molecule has 0 saturated heterocycles. The molecule has 0 heterocycles. The molecule has 0 unspecified atom stereocenters. The van der Waals surface area contributed by atoms with Crippen molar-refractivity contribution < 1.29 is 14.6 Å². The number of unbranched alkanes of at least 4 members (excludes halogenated alkanes) is 5. The fourth-order valence-corrected chi connectivity index (χ4v) is 3.29. The highest BCUT2D eigenvalue weighted by atomic mass is 16.5. The van der Waals surface area contributed by atoms with Crippen LogP contribution in [0.3, 0.4) is 0 Å². The van der Waals surface area contributed by atoms with Gasteiger partial charge in [-0.15, -0.1) is 0 Å². The van der Waals surface area contributed by atoms with Crippen LogP contribution < -0.4 is 0 Å². The molecule has 1 N–H and O–H groups in total. The maximum atomic E-state index is 10.3. The molecule has 3 nitrogen and oxygen atoms in total. The molecule has 0 aromatic rings. The summed E-state index contributed by atoms with van der Waals surface area (Å²) in [7, 11) is 0. The summed E-state index contributed by atoms with van der Waals surface area (Å²) in [5.74, 6) is 0.596. The number of hydrogen-bond donors (Lipinski definition) is 1. The van der Waals surface area contributed by atoms with E-state index < -0.39 is 5.97 Å². The van der Waals surface area contributed by atoms with E-state index >= 15 is 0 Å². The Morgan fingerprint density at radius 2 is 1.91 bits per heavy atom. The van der Waals surface area contributed by atoms with Crippen molar-refractivity contribution in [3.05, 3.63) is 24.5 Å². The van der Waals surface area contributed by atoms with Gasteiger partial charge in [-0.2, -0.15) is 0 Å². The van der Waals surface area contributed by atoms with E-state index in [2.05, 4.69) is 13.0 Å². The van der Waals surface area contributed by atoms with Gasteiger partial charge in [0.15, 0.2) is 6.61 Å². The summed E-state index contributed by atoms with van der Waals surface area (Å²) in [5.41, 5.74) is 0. The highest BCUT2D eigenvalue weighted by Gasteiger charge is 2.24. The first kappa shape index (κ1) is 18.8. The van der Waals surface area contributed by atoms with Gasteiger partial charge >= 0.3 is 5.97 Å². The van der Waals surface area contributed by atoms with Gasteiger partial charge in [-0.05, 0) is 37.2 Å². The number of hydrogen-bond acceptors (Lipinski definition) is 2. The van der Waals surface area contributed by atoms with E-state index in [1.165, 1.54) is 70.5 Å². The van der Waals surface area contributed by atoms with Gasteiger partial charge in [0.25, 0.3) is 0 Å². The Kier molecular flexibility index (Phi) is 10.5. The van der Waals surface area contributed by atoms with E-state index in [0.29, 0.717) is 5.92 Å². The quantitative estimate of drug-likeness (QED) is 0.301. The van der Waals surface area contributed by atoms with E-state index in [1.54, 1.807) is 6.08 Å². The van der Waals surface area contributed by atoms with Crippen LogP contribution in [0.15, 0.2) is 24.5 Å². The minimum atomic E-state index is -0.941. The van der Waals surface area contributed by atoms with Crippen LogP contribution in [-0.2, 0) is 9.53 Å². The Labute approximate surface area is 135 Å². The second-order valence-corrected chi connectivity index (χ2v) is 6.33. The fraction of sp³-hybridized carbons (Fsp3) is 0.737. The van der Waals surface area contributed by atoms with Crippen LogP contribution in [0.25, 0.3) is 0 Å². The molecule has 0 radical (unpaired) electrons. The van der Waals surface area contributed by atoms with Crippen molar-refractivity contribution in [2.45, 2.75) is 71.1 Å². The van der Waals surface area contributed by atoms with Gasteiger partial charge in [-0.3, -0.25) is 0 Å². The van der Waals surface area contributed by atoms with Gasteiger partial charge in [0.05, 0.1) is 6.26 Å². The molecule has 0 amide bonds. The lowest BCUT2D eigenvalue weighted by Gasteiger charge is -2.15. The summed E-state index contributed by atoms with van der Waals surface area (Å²) in [4.78, 5) is 10.3. The number of carbonyl (C=O) groups is 1. The van der Waals surface area contributed by atoms with Crippen LogP contribution in [0.4, 0.5) is 0 Å². The SMILES string of the molecule is CCCCCCCC[C@H]1CCC[C@@H]1C=C/C=C/OCC(=O)O. The van der Waals surface area contributed by atoms with Crippen LogP contribution in [0.5, 0.6) is 0 Å². The van der Waals surface area contributed by atoms with Gasteiger partial charge in [0.2, 0.25) is 0 Å². The van der Waals surface area contributed by atoms with Gasteiger partial charge in [-0.1, -0.05) is 64.0 Å². The molecule has 0 aliphatic heterocycles. The number of allylic oxidation sites excluding steroid dienone is 3. The zero-order chi connectivity index (χ0) is 16.0. The molecule has 126 valence electrons. The minimum Gasteiger partial charge on any atom is -0.490 e. The number of carboxylic acids is 1. The minimum absolute atomic E-state index is 0.269. The van der Waals surface area contributed by atoms with E-state index in [4.69, 9.17) is 9.84 Å². The average molecular weight is 308 g/mol. The van der Waals surface area contributed by atoms with Crippen molar-refractivity contribution >= 4 is 5.97 Å². The van der Waals surface area contributed by atoms with Crippen molar-refractivity contribution in [1.82, 2.24) is 0 Å². The molecular formula is C19H32O3. The molecule has 3 heteroatoms. The Balaban J connectivity index is 2.15. The standard InChI is InChI=1S/C19H32O3/c1-2-3-4-5-6-7-11-17-13-10-14-18(17)12-8-9-15-22-16-19(20)21/h8-9,12,15,17-18H,2-7,10-11,13-14,16H2,1H3,(H,20,21)/b12-8?,15-9+/t17-,18-/m0/s1. The third kappa shape index (κ3) is 8.91. The Morgan fingerprint density at radius 1 is 1.14 bits per heavy atom. The fourth-order valence-electron chi connectivity index (χ4n) is 3.29. The molecule has 1 rings (SSSR count). The Hall–Kier alpha value is -1.25. The van der Waals surface area contributed by atoms with Crippen molar-refractivity contribution in [1.29, 1.82) is 0 Å². The van der Waals surface area contributed by atoms with Crippen LogP contribution in [-0.4, -0.2) is 17.7 Å². The summed E-state index contributed by atoms with van der Waals surface area (Å²) in [6.45, 7) is 1.99. The molecule has 22 heavy (non-hydrogen) atoms. The summed E-state index contributed by atoms with van der Waals surface area (Å²) in [5, 5.41) is 8.45. The largest absolute Gasteiger partial charge is 0.490 e. The Bertz CT molecular complexity index is 347.